The molecule has 0 saturated heterocycles. The predicted octanol–water partition coefficient (Wildman–Crippen LogP) is 6.54. The summed E-state index contributed by atoms with van der Waals surface area (Å²) < 4.78 is 0. The minimum absolute atomic E-state index is 0.241. The van der Waals surface area contributed by atoms with Gasteiger partial charge in [0.25, 0.3) is 0 Å². The van der Waals surface area contributed by atoms with E-state index in [2.05, 4.69) is 37.8 Å². The molecule has 0 amide bonds. The first-order valence-corrected chi connectivity index (χ1v) is 12.0. The molecule has 3 fully saturated rings. The highest BCUT2D eigenvalue weighted by Crippen LogP contribution is 2.58. The zero-order valence-electron chi connectivity index (χ0n) is 19.9. The van der Waals surface area contributed by atoms with Crippen molar-refractivity contribution in [2.75, 3.05) is 0 Å². The number of hydrogen-bond donors (Lipinski definition) is 2. The van der Waals surface area contributed by atoms with E-state index < -0.39 is 17.7 Å². The summed E-state index contributed by atoms with van der Waals surface area (Å²) in [4.78, 5) is 11.0. The molecule has 0 aromatic rings. The molecule has 0 bridgehead atoms. The molecule has 4 nitrogen and oxygen atoms in total. The van der Waals surface area contributed by atoms with E-state index in [9.17, 15) is 15.1 Å². The number of hydrogen-bond acceptors (Lipinski definition) is 4. The van der Waals surface area contributed by atoms with Gasteiger partial charge in [0.1, 0.15) is 0 Å². The van der Waals surface area contributed by atoms with Crippen molar-refractivity contribution in [3.05, 3.63) is 51.5 Å². The number of aliphatic hydroxyl groups excluding tert-OH is 2. The van der Waals surface area contributed by atoms with E-state index >= 15 is 0 Å². The van der Waals surface area contributed by atoms with Crippen molar-refractivity contribution in [2.45, 2.75) is 110 Å². The standard InChI is InChI=1S/C27H41NO3/c1-18(8-6-14-26(3,4)28-31)22-12-13-23-21(9-7-15-27(22,23)5)11-10-20-16-24(29)19(2)25(30)17-20/h10-11,23-25,29-30H,2,6-9,12-17H2,1,3-5H3/b21-11+,22-18+/t23?,24-,25-,27-/m1/s1. The number of nitrogens with zero attached hydrogens (tertiary/aromatic N) is 1. The summed E-state index contributed by atoms with van der Waals surface area (Å²) in [5, 5.41) is 23.5. The highest BCUT2D eigenvalue weighted by molar-refractivity contribution is 5.35. The van der Waals surface area contributed by atoms with Crippen LogP contribution in [0.1, 0.15) is 91.9 Å². The molecule has 3 aliphatic rings. The highest BCUT2D eigenvalue weighted by atomic mass is 16.3. The normalized spacial score (nSPS) is 34.6. The summed E-state index contributed by atoms with van der Waals surface area (Å²) in [7, 11) is 0. The predicted molar refractivity (Wildman–Crippen MR) is 128 cm³/mol. The quantitative estimate of drug-likeness (QED) is 0.373. The van der Waals surface area contributed by atoms with E-state index in [1.807, 2.05) is 13.8 Å². The molecule has 4 atom stereocenters. The SMILES string of the molecule is C=C1[C@H](O)CC(=C/C=C2\CCC[C@]3(C)/C(=C(\C)CCCC(C)(C)N=O)CCC23)C[C@H]1O. The summed E-state index contributed by atoms with van der Waals surface area (Å²) in [6, 6.07) is 0. The molecule has 0 heterocycles. The van der Waals surface area contributed by atoms with Gasteiger partial charge < -0.3 is 10.2 Å². The van der Waals surface area contributed by atoms with E-state index in [1.165, 1.54) is 36.8 Å². The van der Waals surface area contributed by atoms with Crippen LogP contribution in [0.3, 0.4) is 0 Å². The van der Waals surface area contributed by atoms with Crippen molar-refractivity contribution >= 4 is 0 Å². The minimum Gasteiger partial charge on any atom is -0.388 e. The molecule has 0 aliphatic heterocycles. The van der Waals surface area contributed by atoms with E-state index in [1.54, 1.807) is 5.57 Å². The van der Waals surface area contributed by atoms with Gasteiger partial charge in [-0.1, -0.05) is 53.1 Å². The molecule has 0 aromatic carbocycles. The van der Waals surface area contributed by atoms with Crippen LogP contribution in [-0.2, 0) is 0 Å². The molecule has 3 aliphatic carbocycles. The van der Waals surface area contributed by atoms with Gasteiger partial charge in [-0.05, 0) is 102 Å². The fourth-order valence-corrected chi connectivity index (χ4v) is 6.17. The van der Waals surface area contributed by atoms with Crippen molar-refractivity contribution in [2.24, 2.45) is 16.5 Å². The molecule has 172 valence electrons. The van der Waals surface area contributed by atoms with Crippen LogP contribution in [0.5, 0.6) is 0 Å². The molecule has 3 saturated carbocycles. The Morgan fingerprint density at radius 2 is 1.90 bits per heavy atom. The van der Waals surface area contributed by atoms with Crippen LogP contribution in [0.4, 0.5) is 0 Å². The number of rotatable bonds is 6. The van der Waals surface area contributed by atoms with Crippen LogP contribution in [0.2, 0.25) is 0 Å². The maximum Gasteiger partial charge on any atom is 0.0970 e. The van der Waals surface area contributed by atoms with Gasteiger partial charge in [-0.3, -0.25) is 0 Å². The van der Waals surface area contributed by atoms with Gasteiger partial charge in [0.05, 0.1) is 17.7 Å². The average molecular weight is 428 g/mol. The summed E-state index contributed by atoms with van der Waals surface area (Å²) >= 11 is 0. The van der Waals surface area contributed by atoms with E-state index in [4.69, 9.17) is 0 Å². The Labute approximate surface area is 188 Å². The third-order valence-corrected chi connectivity index (χ3v) is 8.15. The molecular formula is C27H41NO3. The number of fused-ring (bicyclic) bond motifs is 1. The van der Waals surface area contributed by atoms with Crippen LogP contribution < -0.4 is 0 Å². The Kier molecular flexibility index (Phi) is 7.43. The Hall–Kier alpha value is -1.52. The van der Waals surface area contributed by atoms with Crippen molar-refractivity contribution in [1.29, 1.82) is 0 Å². The number of nitroso groups, excluding NO2 is 1. The molecule has 31 heavy (non-hydrogen) atoms. The molecule has 1 unspecified atom stereocenters. The van der Waals surface area contributed by atoms with Crippen molar-refractivity contribution in [3.63, 3.8) is 0 Å². The summed E-state index contributed by atoms with van der Waals surface area (Å²) in [6.07, 6.45) is 13.2. The van der Waals surface area contributed by atoms with Crippen molar-refractivity contribution in [3.8, 4) is 0 Å². The smallest absolute Gasteiger partial charge is 0.0970 e. The zero-order valence-corrected chi connectivity index (χ0v) is 19.9. The number of aliphatic hydroxyl groups is 2. The van der Waals surface area contributed by atoms with Gasteiger partial charge in [0, 0.05) is 0 Å². The Morgan fingerprint density at radius 3 is 2.55 bits per heavy atom. The van der Waals surface area contributed by atoms with Crippen molar-refractivity contribution in [1.82, 2.24) is 0 Å². The van der Waals surface area contributed by atoms with Gasteiger partial charge >= 0.3 is 0 Å². The Bertz CT molecular complexity index is 787. The van der Waals surface area contributed by atoms with Gasteiger partial charge in [-0.15, -0.1) is 0 Å². The van der Waals surface area contributed by atoms with E-state index in [-0.39, 0.29) is 5.41 Å². The van der Waals surface area contributed by atoms with Crippen LogP contribution in [0.25, 0.3) is 0 Å². The Morgan fingerprint density at radius 1 is 1.23 bits per heavy atom. The molecular weight excluding hydrogens is 386 g/mol. The zero-order chi connectivity index (χ0) is 22.8. The fraction of sp³-hybridized carbons (Fsp3) is 0.704. The molecule has 4 heteroatoms. The lowest BCUT2D eigenvalue weighted by atomic mass is 9.64. The summed E-state index contributed by atoms with van der Waals surface area (Å²) in [5.74, 6) is 0.588. The molecule has 0 spiro atoms. The molecule has 0 radical (unpaired) electrons. The fourth-order valence-electron chi connectivity index (χ4n) is 6.17. The van der Waals surface area contributed by atoms with Crippen LogP contribution in [0.15, 0.2) is 51.8 Å². The van der Waals surface area contributed by atoms with Crippen LogP contribution in [-0.4, -0.2) is 28.0 Å². The maximum absolute atomic E-state index is 11.0. The lowest BCUT2D eigenvalue weighted by molar-refractivity contribution is 0.123. The van der Waals surface area contributed by atoms with Crippen LogP contribution >= 0.6 is 0 Å². The number of allylic oxidation sites excluding steroid dienone is 5. The highest BCUT2D eigenvalue weighted by Gasteiger charge is 2.46. The largest absolute Gasteiger partial charge is 0.388 e. The van der Waals surface area contributed by atoms with E-state index in [0.717, 1.165) is 31.3 Å². The van der Waals surface area contributed by atoms with Gasteiger partial charge in [-0.25, -0.2) is 0 Å². The van der Waals surface area contributed by atoms with E-state index in [0.29, 0.717) is 24.3 Å². The lowest BCUT2D eigenvalue weighted by Crippen LogP contribution is -2.29. The topological polar surface area (TPSA) is 69.9 Å². The van der Waals surface area contributed by atoms with Crippen molar-refractivity contribution < 1.29 is 10.2 Å². The first kappa shape index (κ1) is 24.1. The van der Waals surface area contributed by atoms with Gasteiger partial charge in [0.2, 0.25) is 0 Å². The van der Waals surface area contributed by atoms with Crippen LogP contribution in [0, 0.1) is 16.2 Å². The second-order valence-corrected chi connectivity index (χ2v) is 11.0. The first-order valence-electron chi connectivity index (χ1n) is 12.0. The molecule has 3 rings (SSSR count). The first-order chi connectivity index (χ1) is 14.6. The van der Waals surface area contributed by atoms with Gasteiger partial charge in [-0.2, -0.15) is 4.91 Å². The second-order valence-electron chi connectivity index (χ2n) is 11.0. The minimum atomic E-state index is -0.631. The summed E-state index contributed by atoms with van der Waals surface area (Å²) in [5.41, 5.74) is 6.13. The molecule has 2 N–H and O–H groups in total. The monoisotopic (exact) mass is 427 g/mol. The third kappa shape index (κ3) is 5.28. The second kappa shape index (κ2) is 9.54. The lowest BCUT2D eigenvalue weighted by Gasteiger charge is -2.40. The average Bonchev–Trinajstić information content (AvgIpc) is 3.07. The Balaban J connectivity index is 1.73. The molecule has 0 aromatic heterocycles. The summed E-state index contributed by atoms with van der Waals surface area (Å²) in [6.45, 7) is 12.4. The van der Waals surface area contributed by atoms with Gasteiger partial charge in [0.15, 0.2) is 0 Å². The maximum atomic E-state index is 11.0. The third-order valence-electron chi connectivity index (χ3n) is 8.15.